The van der Waals surface area contributed by atoms with Crippen molar-refractivity contribution in [1.29, 1.82) is 0 Å². The van der Waals surface area contributed by atoms with Gasteiger partial charge in [0, 0.05) is 12.4 Å². The fourth-order valence-corrected chi connectivity index (χ4v) is 2.27. The van der Waals surface area contributed by atoms with Crippen LogP contribution in [0, 0.1) is 5.92 Å². The van der Waals surface area contributed by atoms with E-state index in [2.05, 4.69) is 15.1 Å². The second-order valence-electron chi connectivity index (χ2n) is 4.10. The highest BCUT2D eigenvalue weighted by atomic mass is 16.2. The summed E-state index contributed by atoms with van der Waals surface area (Å²) in [6, 6.07) is 0. The molecule has 1 saturated carbocycles. The Morgan fingerprint density at radius 1 is 1.31 bits per heavy atom. The van der Waals surface area contributed by atoms with Gasteiger partial charge in [0.25, 0.3) is 5.91 Å². The summed E-state index contributed by atoms with van der Waals surface area (Å²) in [5, 5.41) is 5.76. The molecule has 0 saturated heterocycles. The number of carbonyl (C=O) groups excluding carboxylic acids is 1. The molecular formula is C11H12N4O. The summed E-state index contributed by atoms with van der Waals surface area (Å²) in [5.41, 5.74) is 1.02. The molecule has 1 atom stereocenters. The van der Waals surface area contributed by atoms with Crippen molar-refractivity contribution in [3.63, 3.8) is 0 Å². The van der Waals surface area contributed by atoms with Crippen LogP contribution < -0.4 is 5.01 Å². The molecule has 1 aromatic rings. The van der Waals surface area contributed by atoms with Gasteiger partial charge in [-0.1, -0.05) is 6.42 Å². The molecule has 82 valence electrons. The first kappa shape index (κ1) is 9.45. The van der Waals surface area contributed by atoms with Crippen LogP contribution in [0.2, 0.25) is 0 Å². The predicted molar refractivity (Wildman–Crippen MR) is 58.9 cm³/mol. The minimum Gasteiger partial charge on any atom is -0.272 e. The Labute approximate surface area is 93.2 Å². The number of fused-ring (bicyclic) bond motifs is 1. The number of aromatic nitrogens is 2. The zero-order valence-electron chi connectivity index (χ0n) is 8.83. The normalized spacial score (nSPS) is 24.2. The highest BCUT2D eigenvalue weighted by Gasteiger charge is 2.38. The number of nitrogens with zero attached hydrogens (tertiary/aromatic N) is 4. The Morgan fingerprint density at radius 2 is 2.25 bits per heavy atom. The standard InChI is InChI=1S/C11H12N4O/c16-11-8-3-1-2-4-9(8)14-15(11)10-7-12-5-6-13-10/h5-8H,1-4H2. The minimum atomic E-state index is -0.00393. The van der Waals surface area contributed by atoms with Crippen molar-refractivity contribution >= 4 is 17.4 Å². The molecule has 1 fully saturated rings. The Kier molecular flexibility index (Phi) is 2.16. The van der Waals surface area contributed by atoms with E-state index in [9.17, 15) is 4.79 Å². The quantitative estimate of drug-likeness (QED) is 0.712. The smallest absolute Gasteiger partial charge is 0.257 e. The molecule has 1 unspecified atom stereocenters. The van der Waals surface area contributed by atoms with Gasteiger partial charge in [0.1, 0.15) is 0 Å². The Balaban J connectivity index is 1.93. The molecular weight excluding hydrogens is 204 g/mol. The lowest BCUT2D eigenvalue weighted by atomic mass is 9.87. The maximum atomic E-state index is 12.1. The molecule has 16 heavy (non-hydrogen) atoms. The molecule has 0 aromatic carbocycles. The molecule has 3 rings (SSSR count). The van der Waals surface area contributed by atoms with Gasteiger partial charge in [0.05, 0.1) is 17.8 Å². The van der Waals surface area contributed by atoms with Gasteiger partial charge < -0.3 is 0 Å². The SMILES string of the molecule is O=C1C2CCCCC2=NN1c1cnccn1. The van der Waals surface area contributed by atoms with Gasteiger partial charge in [0.15, 0.2) is 5.82 Å². The monoisotopic (exact) mass is 216 g/mol. The maximum Gasteiger partial charge on any atom is 0.257 e. The van der Waals surface area contributed by atoms with E-state index < -0.39 is 0 Å². The molecule has 5 heteroatoms. The number of hydrogen-bond acceptors (Lipinski definition) is 4. The fraction of sp³-hybridized carbons (Fsp3) is 0.455. The number of anilines is 1. The zero-order chi connectivity index (χ0) is 11.0. The lowest BCUT2D eigenvalue weighted by molar-refractivity contribution is -0.120. The van der Waals surface area contributed by atoms with Gasteiger partial charge in [-0.3, -0.25) is 9.78 Å². The summed E-state index contributed by atoms with van der Waals surface area (Å²) in [5.74, 6) is 0.570. The molecule has 1 aromatic heterocycles. The fourth-order valence-electron chi connectivity index (χ4n) is 2.27. The maximum absolute atomic E-state index is 12.1. The van der Waals surface area contributed by atoms with Gasteiger partial charge in [-0.25, -0.2) is 4.98 Å². The van der Waals surface area contributed by atoms with Crippen LogP contribution in [0.15, 0.2) is 23.7 Å². The van der Waals surface area contributed by atoms with Crippen molar-refractivity contribution in [2.24, 2.45) is 11.0 Å². The number of rotatable bonds is 1. The van der Waals surface area contributed by atoms with Crippen LogP contribution in [0.4, 0.5) is 5.82 Å². The average molecular weight is 216 g/mol. The summed E-state index contributed by atoms with van der Waals surface area (Å²) in [7, 11) is 0. The number of amides is 1. The van der Waals surface area contributed by atoms with E-state index in [4.69, 9.17) is 0 Å². The van der Waals surface area contributed by atoms with Gasteiger partial charge >= 0.3 is 0 Å². The third-order valence-corrected chi connectivity index (χ3v) is 3.08. The van der Waals surface area contributed by atoms with Crippen molar-refractivity contribution < 1.29 is 4.79 Å². The number of hydrazone groups is 1. The van der Waals surface area contributed by atoms with Gasteiger partial charge in [-0.15, -0.1) is 0 Å². The van der Waals surface area contributed by atoms with Crippen molar-refractivity contribution in [2.45, 2.75) is 25.7 Å². The van der Waals surface area contributed by atoms with Crippen LogP contribution in [0.5, 0.6) is 0 Å². The Bertz CT molecular complexity index is 443. The lowest BCUT2D eigenvalue weighted by Gasteiger charge is -2.16. The van der Waals surface area contributed by atoms with E-state index in [1.54, 1.807) is 18.6 Å². The zero-order valence-corrected chi connectivity index (χ0v) is 8.83. The molecule has 1 aliphatic carbocycles. The molecule has 2 heterocycles. The summed E-state index contributed by atoms with van der Waals surface area (Å²) in [6.45, 7) is 0. The summed E-state index contributed by atoms with van der Waals surface area (Å²) in [4.78, 5) is 20.1. The van der Waals surface area contributed by atoms with Crippen molar-refractivity contribution in [3.05, 3.63) is 18.6 Å². The van der Waals surface area contributed by atoms with E-state index >= 15 is 0 Å². The molecule has 0 N–H and O–H groups in total. The van der Waals surface area contributed by atoms with Crippen LogP contribution >= 0.6 is 0 Å². The average Bonchev–Trinajstić information content (AvgIpc) is 2.69. The summed E-state index contributed by atoms with van der Waals surface area (Å²) >= 11 is 0. The minimum absolute atomic E-state index is 0.00393. The molecule has 0 radical (unpaired) electrons. The largest absolute Gasteiger partial charge is 0.272 e. The summed E-state index contributed by atoms with van der Waals surface area (Å²) in [6.07, 6.45) is 8.84. The van der Waals surface area contributed by atoms with E-state index in [0.29, 0.717) is 5.82 Å². The van der Waals surface area contributed by atoms with E-state index in [1.165, 1.54) is 5.01 Å². The first-order valence-electron chi connectivity index (χ1n) is 5.53. The molecule has 1 amide bonds. The van der Waals surface area contributed by atoms with Crippen LogP contribution in [-0.4, -0.2) is 21.6 Å². The van der Waals surface area contributed by atoms with E-state index in [1.807, 2.05) is 0 Å². The first-order valence-corrected chi connectivity index (χ1v) is 5.53. The van der Waals surface area contributed by atoms with Gasteiger partial charge in [-0.05, 0) is 19.3 Å². The molecule has 0 bridgehead atoms. The second kappa shape index (κ2) is 3.66. The van der Waals surface area contributed by atoms with E-state index in [0.717, 1.165) is 31.4 Å². The molecule has 1 aliphatic heterocycles. The third kappa shape index (κ3) is 1.39. The van der Waals surface area contributed by atoms with Crippen LogP contribution in [0.25, 0.3) is 0 Å². The molecule has 2 aliphatic rings. The topological polar surface area (TPSA) is 58.5 Å². The number of carbonyl (C=O) groups is 1. The summed E-state index contributed by atoms with van der Waals surface area (Å²) < 4.78 is 0. The van der Waals surface area contributed by atoms with Gasteiger partial charge in [-0.2, -0.15) is 10.1 Å². The predicted octanol–water partition coefficient (Wildman–Crippen LogP) is 1.37. The highest BCUT2D eigenvalue weighted by Crippen LogP contribution is 2.30. The first-order chi connectivity index (χ1) is 7.86. The Hall–Kier alpha value is -1.78. The Morgan fingerprint density at radius 3 is 3.00 bits per heavy atom. The third-order valence-electron chi connectivity index (χ3n) is 3.08. The molecule has 5 nitrogen and oxygen atoms in total. The van der Waals surface area contributed by atoms with Gasteiger partial charge in [0.2, 0.25) is 0 Å². The van der Waals surface area contributed by atoms with Crippen molar-refractivity contribution in [2.75, 3.05) is 5.01 Å². The molecule has 0 spiro atoms. The lowest BCUT2D eigenvalue weighted by Crippen LogP contribution is -2.29. The van der Waals surface area contributed by atoms with Crippen LogP contribution in [0.1, 0.15) is 25.7 Å². The van der Waals surface area contributed by atoms with Crippen LogP contribution in [0.3, 0.4) is 0 Å². The number of hydrogen-bond donors (Lipinski definition) is 0. The second-order valence-corrected chi connectivity index (χ2v) is 4.10. The highest BCUT2D eigenvalue weighted by molar-refractivity contribution is 6.15. The van der Waals surface area contributed by atoms with Crippen LogP contribution in [-0.2, 0) is 4.79 Å². The van der Waals surface area contributed by atoms with Crippen molar-refractivity contribution in [1.82, 2.24) is 9.97 Å². The van der Waals surface area contributed by atoms with E-state index in [-0.39, 0.29) is 11.8 Å². The van der Waals surface area contributed by atoms with Crippen molar-refractivity contribution in [3.8, 4) is 0 Å².